The topological polar surface area (TPSA) is 34.9 Å². The Balaban J connectivity index is 3.16. The molecular weight excluding hydrogens is 164 g/mol. The Bertz CT molecular complexity index is 312. The zero-order valence-corrected chi connectivity index (χ0v) is 8.88. The second kappa shape index (κ2) is 2.98. The van der Waals surface area contributed by atoms with Crippen LogP contribution in [0, 0.1) is 12.3 Å². The van der Waals surface area contributed by atoms with Crippen molar-refractivity contribution in [2.24, 2.45) is 12.5 Å². The third kappa shape index (κ3) is 1.79. The lowest BCUT2D eigenvalue weighted by Crippen LogP contribution is -2.23. The number of imidazole rings is 1. The van der Waals surface area contributed by atoms with Crippen LogP contribution in [0.1, 0.15) is 37.0 Å². The van der Waals surface area contributed by atoms with Crippen LogP contribution in [-0.2, 0) is 7.05 Å². The molecule has 0 N–H and O–H groups in total. The molecule has 3 heteroatoms. The van der Waals surface area contributed by atoms with Crippen molar-refractivity contribution < 1.29 is 4.79 Å². The minimum Gasteiger partial charge on any atom is -0.331 e. The van der Waals surface area contributed by atoms with Crippen molar-refractivity contribution >= 4 is 5.78 Å². The number of hydrogen-bond donors (Lipinski definition) is 0. The Hall–Kier alpha value is -1.12. The molecule has 0 amide bonds. The maximum Gasteiger partial charge on any atom is 0.186 e. The molecule has 1 heterocycles. The van der Waals surface area contributed by atoms with E-state index in [-0.39, 0.29) is 11.2 Å². The van der Waals surface area contributed by atoms with Crippen LogP contribution in [0.25, 0.3) is 0 Å². The van der Waals surface area contributed by atoms with Gasteiger partial charge < -0.3 is 4.57 Å². The van der Waals surface area contributed by atoms with E-state index in [4.69, 9.17) is 0 Å². The fourth-order valence-corrected chi connectivity index (χ4v) is 1.23. The summed E-state index contributed by atoms with van der Waals surface area (Å²) in [5.41, 5.74) is 1.19. The second-order valence-corrected chi connectivity index (χ2v) is 4.37. The number of carbonyl (C=O) groups excluding carboxylic acids is 1. The molecule has 0 aliphatic heterocycles. The molecule has 0 bridgehead atoms. The number of nitrogens with zero attached hydrogens (tertiary/aromatic N) is 2. The van der Waals surface area contributed by atoms with Gasteiger partial charge in [-0.1, -0.05) is 20.8 Å². The molecule has 0 saturated heterocycles. The fraction of sp³-hybridized carbons (Fsp3) is 0.600. The molecule has 0 aliphatic rings. The summed E-state index contributed by atoms with van der Waals surface area (Å²) in [6.45, 7) is 7.62. The van der Waals surface area contributed by atoms with Crippen molar-refractivity contribution in [1.82, 2.24) is 9.55 Å². The number of carbonyl (C=O) groups is 1. The average molecular weight is 180 g/mol. The minimum absolute atomic E-state index is 0.144. The van der Waals surface area contributed by atoms with Gasteiger partial charge in [0.1, 0.15) is 5.69 Å². The summed E-state index contributed by atoms with van der Waals surface area (Å²) in [4.78, 5) is 16.0. The van der Waals surface area contributed by atoms with Crippen molar-refractivity contribution in [3.8, 4) is 0 Å². The predicted octanol–water partition coefficient (Wildman–Crippen LogP) is 1.96. The molecule has 3 nitrogen and oxygen atoms in total. The summed E-state index contributed by atoms with van der Waals surface area (Å²) in [5.74, 6) is 0.144. The van der Waals surface area contributed by atoms with Gasteiger partial charge in [0.25, 0.3) is 0 Å². The molecule has 13 heavy (non-hydrogen) atoms. The maximum atomic E-state index is 11.9. The van der Waals surface area contributed by atoms with Crippen LogP contribution in [0.4, 0.5) is 0 Å². The van der Waals surface area contributed by atoms with Gasteiger partial charge in [-0.2, -0.15) is 0 Å². The van der Waals surface area contributed by atoms with Crippen molar-refractivity contribution in [2.45, 2.75) is 27.7 Å². The van der Waals surface area contributed by atoms with Gasteiger partial charge in [0.2, 0.25) is 0 Å². The van der Waals surface area contributed by atoms with Crippen LogP contribution in [0.3, 0.4) is 0 Å². The molecule has 1 aromatic rings. The summed E-state index contributed by atoms with van der Waals surface area (Å²) in [5, 5.41) is 0. The summed E-state index contributed by atoms with van der Waals surface area (Å²) < 4.78 is 1.78. The summed E-state index contributed by atoms with van der Waals surface area (Å²) >= 11 is 0. The Morgan fingerprint density at radius 3 is 2.31 bits per heavy atom. The molecule has 0 aliphatic carbocycles. The lowest BCUT2D eigenvalue weighted by molar-refractivity contribution is 0.0848. The first kappa shape index (κ1) is 9.96. The number of rotatable bonds is 1. The SMILES string of the molecule is Cc1ncn(C)c1C(=O)C(C)(C)C. The molecule has 0 spiro atoms. The number of aromatic nitrogens is 2. The third-order valence-corrected chi connectivity index (χ3v) is 2.02. The van der Waals surface area contributed by atoms with Gasteiger partial charge >= 0.3 is 0 Å². The van der Waals surface area contributed by atoms with Gasteiger partial charge in [0.15, 0.2) is 5.78 Å². The first-order chi connectivity index (χ1) is 5.84. The number of hydrogen-bond acceptors (Lipinski definition) is 2. The van der Waals surface area contributed by atoms with Crippen molar-refractivity contribution in [2.75, 3.05) is 0 Å². The first-order valence-corrected chi connectivity index (χ1v) is 4.36. The largest absolute Gasteiger partial charge is 0.331 e. The van der Waals surface area contributed by atoms with E-state index in [1.165, 1.54) is 0 Å². The molecule has 0 saturated carbocycles. The summed E-state index contributed by atoms with van der Waals surface area (Å²) in [6.07, 6.45) is 1.67. The highest BCUT2D eigenvalue weighted by molar-refractivity contribution is 5.99. The molecule has 0 unspecified atom stereocenters. The lowest BCUT2D eigenvalue weighted by Gasteiger charge is -2.17. The van der Waals surface area contributed by atoms with E-state index in [0.717, 1.165) is 5.69 Å². The Kier molecular flexibility index (Phi) is 2.28. The monoisotopic (exact) mass is 180 g/mol. The zero-order chi connectivity index (χ0) is 10.2. The average Bonchev–Trinajstić information content (AvgIpc) is 2.28. The minimum atomic E-state index is -0.335. The van der Waals surface area contributed by atoms with E-state index in [1.54, 1.807) is 10.9 Å². The van der Waals surface area contributed by atoms with E-state index in [2.05, 4.69) is 4.98 Å². The van der Waals surface area contributed by atoms with Crippen LogP contribution in [-0.4, -0.2) is 15.3 Å². The van der Waals surface area contributed by atoms with Crippen LogP contribution in [0.2, 0.25) is 0 Å². The second-order valence-electron chi connectivity index (χ2n) is 4.37. The molecule has 0 fully saturated rings. The van der Waals surface area contributed by atoms with E-state index in [1.807, 2.05) is 34.7 Å². The molecule has 0 atom stereocenters. The van der Waals surface area contributed by atoms with E-state index in [0.29, 0.717) is 5.69 Å². The highest BCUT2D eigenvalue weighted by atomic mass is 16.1. The highest BCUT2D eigenvalue weighted by Gasteiger charge is 2.26. The third-order valence-electron chi connectivity index (χ3n) is 2.02. The maximum absolute atomic E-state index is 11.9. The standard InChI is InChI=1S/C10H16N2O/c1-7-8(12(5)6-11-7)9(13)10(2,3)4/h6H,1-5H3. The predicted molar refractivity (Wildman–Crippen MR) is 51.7 cm³/mol. The van der Waals surface area contributed by atoms with E-state index in [9.17, 15) is 4.79 Å². The van der Waals surface area contributed by atoms with Crippen LogP contribution in [0.5, 0.6) is 0 Å². The van der Waals surface area contributed by atoms with Gasteiger partial charge in [0.05, 0.1) is 12.0 Å². The van der Waals surface area contributed by atoms with Crippen molar-refractivity contribution in [1.29, 1.82) is 0 Å². The lowest BCUT2D eigenvalue weighted by atomic mass is 9.88. The Labute approximate surface area is 78.8 Å². The number of Topliss-reactive ketones (excluding diaryl/α,β-unsaturated/α-hetero) is 1. The van der Waals surface area contributed by atoms with E-state index >= 15 is 0 Å². The zero-order valence-electron chi connectivity index (χ0n) is 8.88. The number of aryl methyl sites for hydroxylation is 2. The van der Waals surface area contributed by atoms with Gasteiger partial charge in [-0.05, 0) is 6.92 Å². The Morgan fingerprint density at radius 1 is 1.46 bits per heavy atom. The Morgan fingerprint density at radius 2 is 2.00 bits per heavy atom. The normalized spacial score (nSPS) is 11.8. The van der Waals surface area contributed by atoms with Crippen LogP contribution >= 0.6 is 0 Å². The van der Waals surface area contributed by atoms with Gasteiger partial charge in [-0.25, -0.2) is 4.98 Å². The smallest absolute Gasteiger partial charge is 0.186 e. The van der Waals surface area contributed by atoms with Crippen LogP contribution < -0.4 is 0 Å². The molecule has 72 valence electrons. The van der Waals surface area contributed by atoms with Crippen LogP contribution in [0.15, 0.2) is 6.33 Å². The fourth-order valence-electron chi connectivity index (χ4n) is 1.23. The molecule has 1 aromatic heterocycles. The van der Waals surface area contributed by atoms with Gasteiger partial charge in [-0.3, -0.25) is 4.79 Å². The quantitative estimate of drug-likeness (QED) is 0.619. The molecule has 0 aromatic carbocycles. The number of ketones is 1. The van der Waals surface area contributed by atoms with Gasteiger partial charge in [-0.15, -0.1) is 0 Å². The van der Waals surface area contributed by atoms with Crippen molar-refractivity contribution in [3.05, 3.63) is 17.7 Å². The molecular formula is C10H16N2O. The van der Waals surface area contributed by atoms with Crippen molar-refractivity contribution in [3.63, 3.8) is 0 Å². The summed E-state index contributed by atoms with van der Waals surface area (Å²) in [7, 11) is 1.85. The summed E-state index contributed by atoms with van der Waals surface area (Å²) in [6, 6.07) is 0. The highest BCUT2D eigenvalue weighted by Crippen LogP contribution is 2.21. The molecule has 0 radical (unpaired) electrons. The first-order valence-electron chi connectivity index (χ1n) is 4.36. The van der Waals surface area contributed by atoms with Gasteiger partial charge in [0, 0.05) is 12.5 Å². The molecule has 1 rings (SSSR count). The van der Waals surface area contributed by atoms with E-state index < -0.39 is 0 Å².